The summed E-state index contributed by atoms with van der Waals surface area (Å²) in [6.07, 6.45) is 3.38. The Labute approximate surface area is 135 Å². The molecule has 23 heavy (non-hydrogen) atoms. The number of alkyl halides is 3. The fraction of sp³-hybridized carbons (Fsp3) is 0.286. The van der Waals surface area contributed by atoms with Gasteiger partial charge in [-0.2, -0.15) is 18.3 Å². The third-order valence-corrected chi connectivity index (χ3v) is 3.69. The summed E-state index contributed by atoms with van der Waals surface area (Å²) in [6.45, 7) is 0.300. The summed E-state index contributed by atoms with van der Waals surface area (Å²) in [6, 6.07) is 5.31. The van der Waals surface area contributed by atoms with E-state index in [-0.39, 0.29) is 22.3 Å². The van der Waals surface area contributed by atoms with Crippen molar-refractivity contribution < 1.29 is 18.0 Å². The minimum Gasteiger partial charge on any atom is -0.323 e. The largest absolute Gasteiger partial charge is 0.446 e. The molecule has 0 saturated carbocycles. The summed E-state index contributed by atoms with van der Waals surface area (Å²) in [5, 5.41) is 6.50. The van der Waals surface area contributed by atoms with Gasteiger partial charge >= 0.3 is 11.5 Å². The van der Waals surface area contributed by atoms with Gasteiger partial charge in [0.05, 0.1) is 18.4 Å². The average molecular weight is 344 g/mol. The van der Waals surface area contributed by atoms with Crippen molar-refractivity contribution in [2.24, 2.45) is 7.05 Å². The summed E-state index contributed by atoms with van der Waals surface area (Å²) in [4.78, 5) is 13.5. The summed E-state index contributed by atoms with van der Waals surface area (Å²) in [7, 11) is 3.32. The van der Waals surface area contributed by atoms with E-state index in [0.29, 0.717) is 6.54 Å². The number of carbonyl (C=O) groups is 1. The van der Waals surface area contributed by atoms with E-state index in [1.54, 1.807) is 37.2 Å². The molecule has 0 aliphatic carbocycles. The highest BCUT2D eigenvalue weighted by Gasteiger charge is 2.30. The number of hydrogen-bond acceptors (Lipinski definition) is 3. The van der Waals surface area contributed by atoms with Crippen LogP contribution in [0, 0.1) is 0 Å². The lowest BCUT2D eigenvalue weighted by Gasteiger charge is -2.18. The molecule has 0 fully saturated rings. The Morgan fingerprint density at radius 1 is 1.39 bits per heavy atom. The molecule has 1 aromatic heterocycles. The van der Waals surface area contributed by atoms with E-state index in [2.05, 4.69) is 10.4 Å². The molecular formula is C14H15F3N4OS. The zero-order valence-electron chi connectivity index (χ0n) is 12.5. The van der Waals surface area contributed by atoms with Crippen molar-refractivity contribution in [1.82, 2.24) is 14.7 Å². The van der Waals surface area contributed by atoms with Crippen molar-refractivity contribution in [2.45, 2.75) is 16.9 Å². The van der Waals surface area contributed by atoms with Gasteiger partial charge in [0.2, 0.25) is 0 Å². The molecule has 0 aliphatic rings. The third kappa shape index (κ3) is 5.20. The van der Waals surface area contributed by atoms with E-state index in [9.17, 15) is 18.0 Å². The van der Waals surface area contributed by atoms with Crippen LogP contribution in [0.3, 0.4) is 0 Å². The summed E-state index contributed by atoms with van der Waals surface area (Å²) >= 11 is -0.258. The number of aromatic nitrogens is 2. The Kier molecular flexibility index (Phi) is 5.19. The first-order chi connectivity index (χ1) is 10.7. The number of para-hydroxylation sites is 1. The quantitative estimate of drug-likeness (QED) is 0.861. The van der Waals surface area contributed by atoms with Gasteiger partial charge in [-0.05, 0) is 23.9 Å². The Balaban J connectivity index is 2.05. The second-order valence-corrected chi connectivity index (χ2v) is 5.96. The lowest BCUT2D eigenvalue weighted by atomic mass is 10.3. The van der Waals surface area contributed by atoms with Crippen LogP contribution >= 0.6 is 11.8 Å². The predicted octanol–water partition coefficient (Wildman–Crippen LogP) is 3.70. The number of urea groups is 1. The second-order valence-electron chi connectivity index (χ2n) is 4.85. The van der Waals surface area contributed by atoms with Crippen LogP contribution in [-0.2, 0) is 13.6 Å². The molecule has 9 heteroatoms. The molecule has 124 valence electrons. The number of carbonyl (C=O) groups excluding carboxylic acids is 1. The SMILES string of the molecule is CN(Cc1cnn(C)c1)C(=O)Nc1ccccc1SC(F)(F)F. The van der Waals surface area contributed by atoms with E-state index in [4.69, 9.17) is 0 Å². The molecule has 0 bridgehead atoms. The van der Waals surface area contributed by atoms with E-state index in [0.717, 1.165) is 5.56 Å². The molecule has 1 N–H and O–H groups in total. The highest BCUT2D eigenvalue weighted by atomic mass is 32.2. The Hall–Kier alpha value is -2.16. The number of anilines is 1. The maximum atomic E-state index is 12.5. The highest BCUT2D eigenvalue weighted by Crippen LogP contribution is 2.40. The number of nitrogens with one attached hydrogen (secondary N) is 1. The fourth-order valence-electron chi connectivity index (χ4n) is 1.89. The summed E-state index contributed by atoms with van der Waals surface area (Å²) in [5.74, 6) is 0. The first-order valence-corrected chi connectivity index (χ1v) is 7.40. The number of halogens is 3. The van der Waals surface area contributed by atoms with E-state index >= 15 is 0 Å². The van der Waals surface area contributed by atoms with Crippen molar-refractivity contribution in [3.8, 4) is 0 Å². The number of rotatable bonds is 4. The maximum absolute atomic E-state index is 12.5. The van der Waals surface area contributed by atoms with Gasteiger partial charge in [0.25, 0.3) is 0 Å². The second kappa shape index (κ2) is 6.95. The predicted molar refractivity (Wildman–Crippen MR) is 82.0 cm³/mol. The minimum absolute atomic E-state index is 0.0527. The molecule has 0 saturated heterocycles. The van der Waals surface area contributed by atoms with E-state index in [1.807, 2.05) is 0 Å². The van der Waals surface area contributed by atoms with Gasteiger partial charge < -0.3 is 10.2 Å². The third-order valence-electron chi connectivity index (χ3n) is 2.88. The van der Waals surface area contributed by atoms with Crippen LogP contribution in [0.2, 0.25) is 0 Å². The normalized spacial score (nSPS) is 11.3. The number of aryl methyl sites for hydroxylation is 1. The van der Waals surface area contributed by atoms with Gasteiger partial charge in [-0.15, -0.1) is 0 Å². The van der Waals surface area contributed by atoms with Crippen LogP contribution in [0.5, 0.6) is 0 Å². The smallest absolute Gasteiger partial charge is 0.323 e. The number of benzene rings is 1. The first-order valence-electron chi connectivity index (χ1n) is 6.59. The lowest BCUT2D eigenvalue weighted by molar-refractivity contribution is -0.0328. The molecule has 2 rings (SSSR count). The van der Waals surface area contributed by atoms with Crippen LogP contribution in [0.4, 0.5) is 23.7 Å². The summed E-state index contributed by atoms with van der Waals surface area (Å²) in [5.41, 5.74) is -3.47. The average Bonchev–Trinajstić information content (AvgIpc) is 2.84. The molecule has 0 unspecified atom stereocenters. The lowest BCUT2D eigenvalue weighted by Crippen LogP contribution is -2.31. The molecule has 0 aliphatic heterocycles. The standard InChI is InChI=1S/C14H15F3N4OS/c1-20(8-10-7-18-21(2)9-10)13(22)19-11-5-3-4-6-12(11)23-14(15,16)17/h3-7,9H,8H2,1-2H3,(H,19,22). The van der Waals surface area contributed by atoms with E-state index in [1.165, 1.54) is 23.1 Å². The zero-order valence-corrected chi connectivity index (χ0v) is 13.3. The van der Waals surface area contributed by atoms with Crippen LogP contribution in [0.25, 0.3) is 0 Å². The first kappa shape index (κ1) is 17.2. The molecular weight excluding hydrogens is 329 g/mol. The van der Waals surface area contributed by atoms with Crippen LogP contribution in [-0.4, -0.2) is 33.3 Å². The van der Waals surface area contributed by atoms with Crippen molar-refractivity contribution >= 4 is 23.5 Å². The topological polar surface area (TPSA) is 50.2 Å². The Bertz CT molecular complexity index is 687. The van der Waals surface area contributed by atoms with Crippen molar-refractivity contribution in [1.29, 1.82) is 0 Å². The van der Waals surface area contributed by atoms with Crippen LogP contribution < -0.4 is 5.32 Å². The molecule has 1 heterocycles. The molecule has 0 radical (unpaired) electrons. The van der Waals surface area contributed by atoms with Gasteiger partial charge in [-0.25, -0.2) is 4.79 Å². The molecule has 5 nitrogen and oxygen atoms in total. The molecule has 2 amide bonds. The Morgan fingerprint density at radius 2 is 2.09 bits per heavy atom. The molecule has 1 aromatic carbocycles. The number of nitrogens with zero attached hydrogens (tertiary/aromatic N) is 3. The van der Waals surface area contributed by atoms with Crippen molar-refractivity contribution in [3.63, 3.8) is 0 Å². The zero-order chi connectivity index (χ0) is 17.0. The van der Waals surface area contributed by atoms with Gasteiger partial charge in [-0.3, -0.25) is 4.68 Å². The summed E-state index contributed by atoms with van der Waals surface area (Å²) < 4.78 is 39.2. The van der Waals surface area contributed by atoms with Gasteiger partial charge in [-0.1, -0.05) is 12.1 Å². The van der Waals surface area contributed by atoms with Crippen LogP contribution in [0.15, 0.2) is 41.6 Å². The maximum Gasteiger partial charge on any atom is 0.446 e. The highest BCUT2D eigenvalue weighted by molar-refractivity contribution is 8.00. The van der Waals surface area contributed by atoms with Gasteiger partial charge in [0.1, 0.15) is 0 Å². The number of thioether (sulfide) groups is 1. The van der Waals surface area contributed by atoms with Crippen molar-refractivity contribution in [2.75, 3.05) is 12.4 Å². The molecule has 0 atom stereocenters. The van der Waals surface area contributed by atoms with Crippen LogP contribution in [0.1, 0.15) is 5.56 Å². The van der Waals surface area contributed by atoms with Crippen molar-refractivity contribution in [3.05, 3.63) is 42.2 Å². The van der Waals surface area contributed by atoms with E-state index < -0.39 is 11.5 Å². The Morgan fingerprint density at radius 3 is 2.70 bits per heavy atom. The number of amides is 2. The molecule has 0 spiro atoms. The minimum atomic E-state index is -4.41. The number of hydrogen-bond donors (Lipinski definition) is 1. The monoisotopic (exact) mass is 344 g/mol. The van der Waals surface area contributed by atoms with Gasteiger partial charge in [0, 0.05) is 30.8 Å². The van der Waals surface area contributed by atoms with Gasteiger partial charge in [0.15, 0.2) is 0 Å². The fourth-order valence-corrected chi connectivity index (χ4v) is 2.52. The molecule has 2 aromatic rings.